The number of ether oxygens (including phenoxy) is 1. The van der Waals surface area contributed by atoms with Gasteiger partial charge in [0.25, 0.3) is 6.26 Å². The van der Waals surface area contributed by atoms with E-state index in [1.807, 2.05) is 22.6 Å². The molecule has 0 spiro atoms. The molecule has 0 aromatic rings. The van der Waals surface area contributed by atoms with Crippen molar-refractivity contribution in [2.75, 3.05) is 37.8 Å². The number of isocyanates is 3. The maximum absolute atomic E-state index is 10.3. The van der Waals surface area contributed by atoms with Crippen LogP contribution in [0.25, 0.3) is 0 Å². The zero-order valence-corrected chi connectivity index (χ0v) is 37.2. The second kappa shape index (κ2) is 27.5. The zero-order valence-electron chi connectivity index (χ0n) is 33.8. The zero-order chi connectivity index (χ0) is 41.2. The average molecular weight is 1060 g/mol. The number of aliphatic hydroxyl groups is 2. The van der Waals surface area contributed by atoms with Crippen LogP contribution in [-0.2, 0) is 19.1 Å². The second-order valence-corrected chi connectivity index (χ2v) is 23.9. The highest BCUT2D eigenvalue weighted by Gasteiger charge is 2.55. The first-order valence-electron chi connectivity index (χ1n) is 19.6. The topological polar surface area (TPSA) is 162 Å². The summed E-state index contributed by atoms with van der Waals surface area (Å²) in [6.45, 7) is 8.73. The third kappa shape index (κ3) is 17.4. The number of alkyl halides is 1. The van der Waals surface area contributed by atoms with Crippen molar-refractivity contribution in [1.29, 1.82) is 6.54 Å². The highest BCUT2D eigenvalue weighted by Crippen LogP contribution is 2.62. The summed E-state index contributed by atoms with van der Waals surface area (Å²) in [5.41, 5.74) is 0.0561. The summed E-state index contributed by atoms with van der Waals surface area (Å²) in [5.74, 6) is 5.53. The minimum absolute atomic E-state index is 0.00750. The molecule has 286 valence electrons. The lowest BCUT2D eigenvalue weighted by Gasteiger charge is -2.44. The van der Waals surface area contributed by atoms with E-state index in [9.17, 15) is 24.6 Å². The Morgan fingerprint density at radius 1 is 1.00 bits per heavy atom. The number of aliphatic hydroxyl groups excluding tert-OH is 2. The lowest BCUT2D eigenvalue weighted by molar-refractivity contribution is 0.0915. The monoisotopic (exact) mass is 1060 g/mol. The van der Waals surface area contributed by atoms with Crippen molar-refractivity contribution in [1.82, 2.24) is 0 Å². The van der Waals surface area contributed by atoms with Crippen molar-refractivity contribution < 1.29 is 33.4 Å². The van der Waals surface area contributed by atoms with Crippen molar-refractivity contribution in [3.63, 3.8) is 0 Å². The van der Waals surface area contributed by atoms with Crippen LogP contribution < -0.4 is 0 Å². The number of fused-ring (bicyclic) bond motifs is 5. The van der Waals surface area contributed by atoms with E-state index >= 15 is 0 Å². The molecule has 5 aliphatic carbocycles. The van der Waals surface area contributed by atoms with Gasteiger partial charge in [0, 0.05) is 21.1 Å². The predicted octanol–water partition coefficient (Wildman–Crippen LogP) is 9.19. The van der Waals surface area contributed by atoms with Gasteiger partial charge in [0.15, 0.2) is 0 Å². The molecule has 5 rings (SSSR count). The number of aliphatic imine (C=N–C) groups is 3. The van der Waals surface area contributed by atoms with Crippen molar-refractivity contribution in [3.8, 4) is 6.26 Å². The standard InChI is InChI=1S/C12H18N2O2.C12H20O2.C10H14N2O2.CH3I.CH4.HI2P/c1-11(2)4-10(14-9-16)5-12(3,6-11)7-13-8-15;13-5-7-1-10-8-3-9(6-14)11(4-8)12(10)2-7;11-7-14-6-10-3-1-2-9(4-10)5-12-8-13;1-2;;1-3-2/h10H,4-7H2,1-3H3;7-14H,1-6H2;9-10H,1-6H2;1H3;1H4;3H/i;;;1D;1TD;3D. The quantitative estimate of drug-likeness (QED) is 0.0581. The van der Waals surface area contributed by atoms with Gasteiger partial charge in [-0.2, -0.15) is 5.26 Å². The molecule has 0 radical (unpaired) electrons. The van der Waals surface area contributed by atoms with Crippen LogP contribution in [0.3, 0.4) is 0 Å². The summed E-state index contributed by atoms with van der Waals surface area (Å²) in [4.78, 5) is 42.0. The summed E-state index contributed by atoms with van der Waals surface area (Å²) in [6.07, 6.45) is 18.6. The molecular formula is C36H60I3N4O6P. The van der Waals surface area contributed by atoms with Crippen molar-refractivity contribution in [3.05, 3.63) is 0 Å². The molecule has 0 amide bonds. The van der Waals surface area contributed by atoms with Crippen LogP contribution in [0.4, 0.5) is 0 Å². The van der Waals surface area contributed by atoms with E-state index in [0.717, 1.165) is 68.6 Å². The Morgan fingerprint density at radius 2 is 1.64 bits per heavy atom. The molecule has 5 fully saturated rings. The van der Waals surface area contributed by atoms with Crippen molar-refractivity contribution in [2.24, 2.45) is 73.2 Å². The molecule has 10 unspecified atom stereocenters. The van der Waals surface area contributed by atoms with Crippen LogP contribution in [0.1, 0.15) is 103 Å². The minimum atomic E-state index is -0.430. The number of carbonyl (C=O) groups excluding carboxylic acids is 3. The second-order valence-electron chi connectivity index (χ2n) is 15.3. The van der Waals surface area contributed by atoms with Crippen LogP contribution in [-0.4, -0.2) is 73.6 Å². The number of rotatable bonds is 9. The first-order valence-corrected chi connectivity index (χ1v) is 25.1. The average Bonchev–Trinajstić information content (AvgIpc) is 3.82. The Kier molecular flexibility index (Phi) is 23.5. The molecule has 10 atom stereocenters. The third-order valence-electron chi connectivity index (χ3n) is 11.1. The molecule has 0 saturated heterocycles. The normalized spacial score (nSPS) is 34.6. The number of hydrogen-bond donors (Lipinski definition) is 2. The molecular weight excluding hydrogens is 996 g/mol. The molecule has 5 saturated carbocycles. The van der Waals surface area contributed by atoms with Gasteiger partial charge in [-0.25, -0.2) is 29.4 Å². The van der Waals surface area contributed by atoms with Crippen molar-refractivity contribution in [2.45, 2.75) is 105 Å². The lowest BCUT2D eigenvalue weighted by atomic mass is 9.63. The summed E-state index contributed by atoms with van der Waals surface area (Å²) >= 11 is 6.08. The highest BCUT2D eigenvalue weighted by molar-refractivity contribution is 14.3. The van der Waals surface area contributed by atoms with E-state index in [0.29, 0.717) is 61.5 Å². The van der Waals surface area contributed by atoms with Crippen LogP contribution in [0.15, 0.2) is 15.0 Å². The first-order chi connectivity index (χ1) is 25.7. The Hall–Kier alpha value is -0.0300. The first kappa shape index (κ1) is 42.7. The molecule has 10 nitrogen and oxygen atoms in total. The summed E-state index contributed by atoms with van der Waals surface area (Å²) in [6, 6.07) is 0.00750. The fraction of sp³-hybridized carbons (Fsp3) is 0.889. The number of nitrogens with zero attached hydrogens (tertiary/aromatic N) is 4. The summed E-state index contributed by atoms with van der Waals surface area (Å²) < 4.78 is 28.9. The number of hydrogen-bond acceptors (Lipinski definition) is 10. The third-order valence-corrected chi connectivity index (χ3v) is 11.1. The smallest absolute Gasteiger partial charge is 0.286 e. The van der Waals surface area contributed by atoms with Gasteiger partial charge in [0.05, 0.1) is 20.4 Å². The highest BCUT2D eigenvalue weighted by atomic mass is 127. The molecule has 2 bridgehead atoms. The number of nitriles is 1. The van der Waals surface area contributed by atoms with Crippen LogP contribution in [0.5, 0.6) is 0 Å². The lowest BCUT2D eigenvalue weighted by Crippen LogP contribution is -2.39. The van der Waals surface area contributed by atoms with Gasteiger partial charge in [0.2, 0.25) is 18.2 Å². The minimum Gasteiger partial charge on any atom is -0.427 e. The Balaban J connectivity index is 0.000000694. The largest absolute Gasteiger partial charge is 0.427 e. The molecule has 0 heterocycles. The van der Waals surface area contributed by atoms with E-state index in [1.165, 1.54) is 25.7 Å². The van der Waals surface area contributed by atoms with Gasteiger partial charge in [-0.05, 0) is 171 Å². The molecule has 0 aromatic carbocycles. The van der Waals surface area contributed by atoms with Gasteiger partial charge in [-0.1, -0.05) is 57.2 Å². The molecule has 14 heteroatoms. The Morgan fingerprint density at radius 3 is 2.22 bits per heavy atom. The number of halogens is 3. The van der Waals surface area contributed by atoms with E-state index in [4.69, 9.17) is 15.4 Å². The Labute approximate surface area is 348 Å². The summed E-state index contributed by atoms with van der Waals surface area (Å²) in [7, 11) is -0.250. The van der Waals surface area contributed by atoms with Crippen LogP contribution >= 0.6 is 70.5 Å². The van der Waals surface area contributed by atoms with Crippen molar-refractivity contribution >= 4 is 88.7 Å². The van der Waals surface area contributed by atoms with Gasteiger partial charge in [0.1, 0.15) is 6.61 Å². The van der Waals surface area contributed by atoms with Crippen LogP contribution in [0, 0.1) is 69.7 Å². The fourth-order valence-corrected chi connectivity index (χ4v) is 9.81. The molecule has 0 aliphatic heterocycles. The van der Waals surface area contributed by atoms with Gasteiger partial charge in [-0.3, -0.25) is 0 Å². The van der Waals surface area contributed by atoms with Crippen LogP contribution in [0.2, 0.25) is 0 Å². The Bertz CT molecular complexity index is 1220. The van der Waals surface area contributed by atoms with E-state index < -0.39 is 3.81 Å². The van der Waals surface area contributed by atoms with Gasteiger partial charge in [-0.15, -0.1) is 0 Å². The van der Waals surface area contributed by atoms with E-state index in [-0.39, 0.29) is 24.3 Å². The maximum atomic E-state index is 10.3. The molecule has 2 N–H and O–H groups in total. The van der Waals surface area contributed by atoms with Gasteiger partial charge >= 0.3 is 0 Å². The summed E-state index contributed by atoms with van der Waals surface area (Å²) in [5, 5.41) is 26.7. The molecule has 50 heavy (non-hydrogen) atoms. The molecule has 0 aromatic heterocycles. The maximum Gasteiger partial charge on any atom is 0.286 e. The SMILES string of the molecule is CC1(C)CC(N=C=O)CC(C)(CN=C=O)C1.N#COCC1CCCC(CN=C=O)C1.OCC1CC2C3CC(CO)C(C3)C2C1.[2H]CI.[2H]C[3H].[2H]P(I)I. The van der Waals surface area contributed by atoms with Gasteiger partial charge < -0.3 is 14.9 Å². The fourth-order valence-electron chi connectivity index (χ4n) is 9.81. The van der Waals surface area contributed by atoms with E-state index in [1.54, 1.807) is 24.5 Å². The predicted molar refractivity (Wildman–Crippen MR) is 227 cm³/mol. The molecule has 5 aliphatic rings. The van der Waals surface area contributed by atoms with E-state index in [2.05, 4.69) is 79.8 Å².